The van der Waals surface area contributed by atoms with E-state index in [1.54, 1.807) is 11.0 Å². The SMILES string of the molecule is C[C@H](c1cccc2ccccc12)N(C=O)CCCc1cccc(C(F)(F)F)c1. The Morgan fingerprint density at radius 1 is 1.00 bits per heavy atom. The molecule has 1 atom stereocenters. The van der Waals surface area contributed by atoms with E-state index in [2.05, 4.69) is 0 Å². The predicted molar refractivity (Wildman–Crippen MR) is 105 cm³/mol. The third-order valence-electron chi connectivity index (χ3n) is 5.04. The van der Waals surface area contributed by atoms with Crippen molar-refractivity contribution in [2.75, 3.05) is 6.54 Å². The van der Waals surface area contributed by atoms with Gasteiger partial charge in [-0.05, 0) is 47.7 Å². The molecule has 1 amide bonds. The van der Waals surface area contributed by atoms with Crippen LogP contribution in [0.15, 0.2) is 66.7 Å². The summed E-state index contributed by atoms with van der Waals surface area (Å²) in [5.41, 5.74) is 1.05. The van der Waals surface area contributed by atoms with Crippen molar-refractivity contribution in [1.82, 2.24) is 4.90 Å². The number of amides is 1. The van der Waals surface area contributed by atoms with Crippen LogP contribution in [0.25, 0.3) is 10.8 Å². The highest BCUT2D eigenvalue weighted by molar-refractivity contribution is 5.86. The molecule has 0 saturated carbocycles. The van der Waals surface area contributed by atoms with E-state index in [1.807, 2.05) is 49.4 Å². The third kappa shape index (κ3) is 4.53. The van der Waals surface area contributed by atoms with Gasteiger partial charge in [0.05, 0.1) is 11.6 Å². The Labute approximate surface area is 162 Å². The Kier molecular flexibility index (Phi) is 6.02. The molecule has 3 rings (SSSR count). The molecule has 0 bridgehead atoms. The molecule has 2 nitrogen and oxygen atoms in total. The van der Waals surface area contributed by atoms with Gasteiger partial charge in [-0.1, -0.05) is 60.7 Å². The van der Waals surface area contributed by atoms with E-state index >= 15 is 0 Å². The van der Waals surface area contributed by atoms with Gasteiger partial charge < -0.3 is 4.90 Å². The van der Waals surface area contributed by atoms with Crippen LogP contribution >= 0.6 is 0 Å². The number of alkyl halides is 3. The van der Waals surface area contributed by atoms with E-state index in [1.165, 1.54) is 12.1 Å². The first-order valence-corrected chi connectivity index (χ1v) is 9.25. The zero-order valence-corrected chi connectivity index (χ0v) is 15.6. The summed E-state index contributed by atoms with van der Waals surface area (Å²) >= 11 is 0. The summed E-state index contributed by atoms with van der Waals surface area (Å²) in [7, 11) is 0. The average Bonchev–Trinajstić information content (AvgIpc) is 2.70. The summed E-state index contributed by atoms with van der Waals surface area (Å²) in [5, 5.41) is 2.21. The van der Waals surface area contributed by atoms with Gasteiger partial charge in [-0.25, -0.2) is 0 Å². The fourth-order valence-corrected chi connectivity index (χ4v) is 3.50. The Bertz CT molecular complexity index is 946. The molecule has 28 heavy (non-hydrogen) atoms. The molecule has 0 radical (unpaired) electrons. The molecular formula is C23H22F3NO. The Hall–Kier alpha value is -2.82. The van der Waals surface area contributed by atoms with Crippen LogP contribution in [-0.2, 0) is 17.4 Å². The van der Waals surface area contributed by atoms with E-state index in [-0.39, 0.29) is 6.04 Å². The Morgan fingerprint density at radius 2 is 1.71 bits per heavy atom. The van der Waals surface area contributed by atoms with Crippen molar-refractivity contribution in [1.29, 1.82) is 0 Å². The molecule has 0 aromatic heterocycles. The largest absolute Gasteiger partial charge is 0.416 e. The summed E-state index contributed by atoms with van der Waals surface area (Å²) < 4.78 is 38.5. The van der Waals surface area contributed by atoms with Crippen molar-refractivity contribution in [2.45, 2.75) is 32.0 Å². The fourth-order valence-electron chi connectivity index (χ4n) is 3.50. The van der Waals surface area contributed by atoms with Crippen LogP contribution in [0.3, 0.4) is 0 Å². The molecule has 0 aliphatic heterocycles. The third-order valence-corrected chi connectivity index (χ3v) is 5.04. The first kappa shape index (κ1) is 19.9. The number of hydrogen-bond donors (Lipinski definition) is 0. The predicted octanol–water partition coefficient (Wildman–Crippen LogP) is 6.01. The summed E-state index contributed by atoms with van der Waals surface area (Å²) in [5.74, 6) is 0. The lowest BCUT2D eigenvalue weighted by Crippen LogP contribution is -2.27. The number of hydrogen-bond acceptors (Lipinski definition) is 1. The average molecular weight is 385 g/mol. The smallest absolute Gasteiger partial charge is 0.338 e. The number of carbonyl (C=O) groups excluding carboxylic acids is 1. The number of carbonyl (C=O) groups is 1. The lowest BCUT2D eigenvalue weighted by molar-refractivity contribution is -0.137. The van der Waals surface area contributed by atoms with Crippen LogP contribution < -0.4 is 0 Å². The standard InChI is InChI=1S/C23H22F3NO/c1-17(21-13-5-10-19-9-2-3-12-22(19)21)27(16-28)14-6-8-18-7-4-11-20(15-18)23(24,25)26/h2-5,7,9-13,15-17H,6,8,14H2,1H3/t17-/m1/s1. The van der Waals surface area contributed by atoms with Crippen molar-refractivity contribution in [3.63, 3.8) is 0 Å². The second kappa shape index (κ2) is 8.46. The second-order valence-corrected chi connectivity index (χ2v) is 6.89. The van der Waals surface area contributed by atoms with Crippen molar-refractivity contribution >= 4 is 17.2 Å². The highest BCUT2D eigenvalue weighted by atomic mass is 19.4. The fraction of sp³-hybridized carbons (Fsp3) is 0.261. The van der Waals surface area contributed by atoms with Crippen LogP contribution in [0.5, 0.6) is 0 Å². The van der Waals surface area contributed by atoms with Gasteiger partial charge in [-0.3, -0.25) is 4.79 Å². The number of rotatable bonds is 7. The summed E-state index contributed by atoms with van der Waals surface area (Å²) in [6.45, 7) is 2.45. The molecule has 0 aliphatic rings. The van der Waals surface area contributed by atoms with Crippen molar-refractivity contribution in [2.24, 2.45) is 0 Å². The maximum atomic E-state index is 12.8. The molecule has 0 heterocycles. The van der Waals surface area contributed by atoms with Crippen molar-refractivity contribution in [3.05, 3.63) is 83.4 Å². The summed E-state index contributed by atoms with van der Waals surface area (Å²) in [6, 6.07) is 19.3. The Balaban J connectivity index is 1.68. The Morgan fingerprint density at radius 3 is 2.46 bits per heavy atom. The molecule has 5 heteroatoms. The molecule has 0 saturated heterocycles. The molecule has 0 unspecified atom stereocenters. The van der Waals surface area contributed by atoms with E-state index in [0.717, 1.165) is 28.8 Å². The van der Waals surface area contributed by atoms with Crippen LogP contribution in [0.4, 0.5) is 13.2 Å². The number of benzene rings is 3. The first-order valence-electron chi connectivity index (χ1n) is 9.25. The summed E-state index contributed by atoms with van der Waals surface area (Å²) in [4.78, 5) is 13.4. The van der Waals surface area contributed by atoms with Gasteiger partial charge in [-0.2, -0.15) is 13.2 Å². The minimum atomic E-state index is -4.34. The minimum Gasteiger partial charge on any atom is -0.338 e. The van der Waals surface area contributed by atoms with E-state index in [0.29, 0.717) is 24.9 Å². The van der Waals surface area contributed by atoms with Gasteiger partial charge in [0, 0.05) is 6.54 Å². The van der Waals surface area contributed by atoms with Crippen molar-refractivity contribution < 1.29 is 18.0 Å². The monoisotopic (exact) mass is 385 g/mol. The molecule has 0 N–H and O–H groups in total. The molecule has 146 valence electrons. The number of halogens is 3. The van der Waals surface area contributed by atoms with Gasteiger partial charge in [0.15, 0.2) is 0 Å². The number of fused-ring (bicyclic) bond motifs is 1. The van der Waals surface area contributed by atoms with Crippen molar-refractivity contribution in [3.8, 4) is 0 Å². The first-order chi connectivity index (χ1) is 13.4. The van der Waals surface area contributed by atoms with Crippen LogP contribution in [-0.4, -0.2) is 17.9 Å². The van der Waals surface area contributed by atoms with Gasteiger partial charge in [-0.15, -0.1) is 0 Å². The summed E-state index contributed by atoms with van der Waals surface area (Å²) in [6.07, 6.45) is -2.45. The molecule has 0 spiro atoms. The lowest BCUT2D eigenvalue weighted by atomic mass is 9.98. The molecule has 3 aromatic carbocycles. The molecule has 3 aromatic rings. The normalized spacial score (nSPS) is 12.7. The molecular weight excluding hydrogens is 363 g/mol. The highest BCUT2D eigenvalue weighted by Crippen LogP contribution is 2.30. The van der Waals surface area contributed by atoms with Gasteiger partial charge >= 0.3 is 6.18 Å². The maximum Gasteiger partial charge on any atom is 0.416 e. The van der Waals surface area contributed by atoms with Crippen LogP contribution in [0, 0.1) is 0 Å². The quantitative estimate of drug-likeness (QED) is 0.456. The second-order valence-electron chi connectivity index (χ2n) is 6.89. The topological polar surface area (TPSA) is 20.3 Å². The lowest BCUT2D eigenvalue weighted by Gasteiger charge is -2.26. The molecule has 0 aliphatic carbocycles. The van der Waals surface area contributed by atoms with E-state index < -0.39 is 11.7 Å². The van der Waals surface area contributed by atoms with Gasteiger partial charge in [0.2, 0.25) is 6.41 Å². The van der Waals surface area contributed by atoms with Gasteiger partial charge in [0.25, 0.3) is 0 Å². The number of aryl methyl sites for hydroxylation is 1. The maximum absolute atomic E-state index is 12.8. The molecule has 0 fully saturated rings. The van der Waals surface area contributed by atoms with Crippen LogP contribution in [0.2, 0.25) is 0 Å². The highest BCUT2D eigenvalue weighted by Gasteiger charge is 2.30. The van der Waals surface area contributed by atoms with E-state index in [9.17, 15) is 18.0 Å². The zero-order chi connectivity index (χ0) is 20.1. The van der Waals surface area contributed by atoms with E-state index in [4.69, 9.17) is 0 Å². The van der Waals surface area contributed by atoms with Crippen LogP contribution in [0.1, 0.15) is 36.1 Å². The van der Waals surface area contributed by atoms with Gasteiger partial charge in [0.1, 0.15) is 0 Å². The number of nitrogens with zero attached hydrogens (tertiary/aromatic N) is 1. The minimum absolute atomic E-state index is 0.120. The zero-order valence-electron chi connectivity index (χ0n) is 15.6.